The summed E-state index contributed by atoms with van der Waals surface area (Å²) in [4.78, 5) is 39.9. The number of aliphatic hydroxyl groups is 9. The summed E-state index contributed by atoms with van der Waals surface area (Å²) < 4.78 is 52.5. The zero-order chi connectivity index (χ0) is 69.4. The number of carbonyl (C=O) groups is 3. The highest BCUT2D eigenvalue weighted by Gasteiger charge is 2.52. The fraction of sp³-hybridized carbons (Fsp3) is 0.905. The number of allylic oxidation sites excluding steroid dienone is 4. The van der Waals surface area contributed by atoms with Gasteiger partial charge in [0.1, 0.15) is 74.3 Å². The molecule has 0 radical (unpaired) electrons. The van der Waals surface area contributed by atoms with Gasteiger partial charge in [0, 0.05) is 19.3 Å². The molecule has 2 heterocycles. The number of carbonyl (C=O) groups excluding carboxylic acids is 3. The molecule has 0 aromatic heterocycles. The van der Waals surface area contributed by atoms with Crippen LogP contribution in [0.2, 0.25) is 0 Å². The van der Waals surface area contributed by atoms with Crippen LogP contribution in [-0.4, -0.2) is 196 Å². The lowest BCUT2D eigenvalue weighted by molar-refractivity contribution is -0.371. The molecular formula is C74H136O21. The summed E-state index contributed by atoms with van der Waals surface area (Å²) in [6.07, 6.45) is 30.5. The largest absolute Gasteiger partial charge is 0.463 e. The second kappa shape index (κ2) is 60.1. The minimum atomic E-state index is -2.00. The molecule has 2 rings (SSSR count). The van der Waals surface area contributed by atoms with E-state index >= 15 is 0 Å². The van der Waals surface area contributed by atoms with Crippen LogP contribution in [-0.2, 0) is 57.0 Å². The highest BCUT2D eigenvalue weighted by molar-refractivity contribution is 5.70. The van der Waals surface area contributed by atoms with Crippen molar-refractivity contribution < 1.29 is 103 Å². The van der Waals surface area contributed by atoms with Crippen molar-refractivity contribution in [2.24, 2.45) is 0 Å². The summed E-state index contributed by atoms with van der Waals surface area (Å²) in [6, 6.07) is 0. The fourth-order valence-electron chi connectivity index (χ4n) is 11.8. The van der Waals surface area contributed by atoms with E-state index in [0.29, 0.717) is 19.3 Å². The third kappa shape index (κ3) is 43.5. The average molecular weight is 1360 g/mol. The Hall–Kier alpha value is -2.71. The standard InChI is InChI=1S/C74H136O21/c1-4-7-10-13-16-19-22-25-28-31-34-36-39-42-45-48-63(79)87-54-58(91-65(81)50-47-44-41-38-35-32-29-26-23-20-17-14-11-8-5-2)55-90-74-72(95-73-71(86)69(84)67(82)62(93-73)57-89-66(53-77)92-60(52-76)59(78)51-75)70(85)68(83)61(94-74)56-88-64(80)49-46-43-40-37-33-30-27-24-21-18-15-12-9-6-3/h19,22,28,31,58-62,66-78,82-86H,4-18,20-21,23-27,29-30,32-57H2,1-3H3/b22-19-,31-28-/t58-,59?,60?,61?,62?,66+,67+,68-,69?,70?,71?,72?,73+,74-/m1/s1. The molecule has 0 amide bonds. The van der Waals surface area contributed by atoms with Gasteiger partial charge in [-0.25, -0.2) is 0 Å². The molecule has 0 aliphatic carbocycles. The SMILES string of the molecule is CCCCCC/C=C\C/C=C\CCCCCCC(=O)OC[C@H](CO[C@@H]1OC(COC(=O)CCCCCCCCCCCCCCCC)[C@@H](O)C(O)C1O[C@@H]1OC(CO[C@H](CO)OC(CO)C(O)CO)[C@H](O)C(O)C1O)OC(=O)CCCCCCCCCCCCCCCCC. The molecule has 2 aliphatic rings. The van der Waals surface area contributed by atoms with Gasteiger partial charge in [-0.15, -0.1) is 0 Å². The molecule has 2 fully saturated rings. The number of aliphatic hydroxyl groups excluding tert-OH is 9. The quantitative estimate of drug-likeness (QED) is 0.00898. The molecule has 9 N–H and O–H groups in total. The number of rotatable bonds is 64. The highest BCUT2D eigenvalue weighted by atomic mass is 16.8. The van der Waals surface area contributed by atoms with E-state index in [2.05, 4.69) is 45.1 Å². The van der Waals surface area contributed by atoms with Crippen molar-refractivity contribution >= 4 is 17.9 Å². The van der Waals surface area contributed by atoms with Crippen molar-refractivity contribution in [3.63, 3.8) is 0 Å². The van der Waals surface area contributed by atoms with E-state index in [-0.39, 0.29) is 19.3 Å². The average Bonchev–Trinajstić information content (AvgIpc) is 0.791. The minimum Gasteiger partial charge on any atom is -0.463 e. The maximum absolute atomic E-state index is 13.5. The van der Waals surface area contributed by atoms with E-state index in [1.165, 1.54) is 148 Å². The summed E-state index contributed by atoms with van der Waals surface area (Å²) in [7, 11) is 0. The summed E-state index contributed by atoms with van der Waals surface area (Å²) in [5, 5.41) is 95.7. The Bertz CT molecular complexity index is 1860. The number of unbranched alkanes of at least 4 members (excludes halogenated alkanes) is 35. The van der Waals surface area contributed by atoms with Crippen LogP contribution in [0, 0.1) is 0 Å². The second-order valence-electron chi connectivity index (χ2n) is 26.5. The van der Waals surface area contributed by atoms with Crippen LogP contribution in [0.1, 0.15) is 297 Å². The second-order valence-corrected chi connectivity index (χ2v) is 26.5. The number of esters is 3. The fourth-order valence-corrected chi connectivity index (χ4v) is 11.8. The van der Waals surface area contributed by atoms with E-state index in [0.717, 1.165) is 89.9 Å². The van der Waals surface area contributed by atoms with Gasteiger partial charge in [0.15, 0.2) is 25.0 Å². The van der Waals surface area contributed by atoms with Gasteiger partial charge in [0.25, 0.3) is 0 Å². The summed E-state index contributed by atoms with van der Waals surface area (Å²) in [5.74, 6) is -1.61. The monoisotopic (exact) mass is 1360 g/mol. The Kier molecular flexibility index (Phi) is 55.9. The van der Waals surface area contributed by atoms with E-state index in [4.69, 9.17) is 42.6 Å². The zero-order valence-corrected chi connectivity index (χ0v) is 59.2. The molecule has 558 valence electrons. The first-order chi connectivity index (χ1) is 46.2. The molecule has 0 saturated carbocycles. The maximum atomic E-state index is 13.5. The Morgan fingerprint density at radius 3 is 1.29 bits per heavy atom. The van der Waals surface area contributed by atoms with Crippen molar-refractivity contribution in [3.05, 3.63) is 24.3 Å². The molecular weight excluding hydrogens is 1220 g/mol. The number of hydrogen-bond donors (Lipinski definition) is 9. The molecule has 8 unspecified atom stereocenters. The van der Waals surface area contributed by atoms with Crippen LogP contribution in [0.4, 0.5) is 0 Å². The van der Waals surface area contributed by atoms with Gasteiger partial charge in [0.2, 0.25) is 0 Å². The van der Waals surface area contributed by atoms with Gasteiger partial charge < -0.3 is 88.6 Å². The first-order valence-electron chi connectivity index (χ1n) is 37.8. The molecule has 21 heteroatoms. The minimum absolute atomic E-state index is 0.0882. The van der Waals surface area contributed by atoms with Gasteiger partial charge in [-0.3, -0.25) is 14.4 Å². The van der Waals surface area contributed by atoms with Crippen molar-refractivity contribution in [3.8, 4) is 0 Å². The lowest BCUT2D eigenvalue weighted by atomic mass is 9.97. The third-order valence-electron chi connectivity index (χ3n) is 18.0. The van der Waals surface area contributed by atoms with E-state index in [1.807, 2.05) is 0 Å². The van der Waals surface area contributed by atoms with Crippen molar-refractivity contribution in [1.29, 1.82) is 0 Å². The topological polar surface area (TPSA) is 316 Å². The maximum Gasteiger partial charge on any atom is 0.306 e. The predicted octanol–water partition coefficient (Wildman–Crippen LogP) is 11.7. The van der Waals surface area contributed by atoms with Crippen LogP contribution in [0.15, 0.2) is 24.3 Å². The highest BCUT2D eigenvalue weighted by Crippen LogP contribution is 2.31. The van der Waals surface area contributed by atoms with Crippen molar-refractivity contribution in [2.75, 3.05) is 46.2 Å². The Balaban J connectivity index is 2.20. The molecule has 21 nitrogen and oxygen atoms in total. The van der Waals surface area contributed by atoms with Gasteiger partial charge in [-0.2, -0.15) is 0 Å². The zero-order valence-electron chi connectivity index (χ0n) is 59.2. The van der Waals surface area contributed by atoms with E-state index < -0.39 is 150 Å². The summed E-state index contributed by atoms with van der Waals surface area (Å²) in [5.41, 5.74) is 0. The van der Waals surface area contributed by atoms with E-state index in [9.17, 15) is 60.3 Å². The van der Waals surface area contributed by atoms with Gasteiger partial charge in [0.05, 0.1) is 33.0 Å². The van der Waals surface area contributed by atoms with Crippen LogP contribution >= 0.6 is 0 Å². The van der Waals surface area contributed by atoms with Crippen LogP contribution in [0.25, 0.3) is 0 Å². The lowest BCUT2D eigenvalue weighted by Crippen LogP contribution is -2.65. The molecule has 0 spiro atoms. The summed E-state index contributed by atoms with van der Waals surface area (Å²) in [6.45, 7) is 2.23. The van der Waals surface area contributed by atoms with Crippen LogP contribution < -0.4 is 0 Å². The molecule has 0 bridgehead atoms. The Labute approximate surface area is 572 Å². The van der Waals surface area contributed by atoms with Gasteiger partial charge >= 0.3 is 17.9 Å². The van der Waals surface area contributed by atoms with Crippen molar-refractivity contribution in [2.45, 2.75) is 383 Å². The predicted molar refractivity (Wildman–Crippen MR) is 366 cm³/mol. The first kappa shape index (κ1) is 88.4. The number of hydrogen-bond acceptors (Lipinski definition) is 21. The lowest BCUT2D eigenvalue weighted by Gasteiger charge is -2.46. The van der Waals surface area contributed by atoms with E-state index in [1.54, 1.807) is 0 Å². The Morgan fingerprint density at radius 2 is 0.832 bits per heavy atom. The van der Waals surface area contributed by atoms with Crippen molar-refractivity contribution in [1.82, 2.24) is 0 Å². The third-order valence-corrected chi connectivity index (χ3v) is 18.0. The Morgan fingerprint density at radius 1 is 0.421 bits per heavy atom. The normalized spacial score (nSPS) is 22.9. The first-order valence-corrected chi connectivity index (χ1v) is 37.8. The molecule has 95 heavy (non-hydrogen) atoms. The van der Waals surface area contributed by atoms with Gasteiger partial charge in [-0.05, 0) is 51.4 Å². The molecule has 14 atom stereocenters. The molecule has 2 saturated heterocycles. The van der Waals surface area contributed by atoms with Crippen LogP contribution in [0.5, 0.6) is 0 Å². The van der Waals surface area contributed by atoms with Gasteiger partial charge in [-0.1, -0.05) is 251 Å². The number of ether oxygens (including phenoxy) is 9. The summed E-state index contributed by atoms with van der Waals surface area (Å²) >= 11 is 0. The smallest absolute Gasteiger partial charge is 0.306 e. The van der Waals surface area contributed by atoms with Crippen LogP contribution in [0.3, 0.4) is 0 Å². The molecule has 2 aliphatic heterocycles. The molecule has 0 aromatic carbocycles. The molecule has 0 aromatic rings.